The lowest BCUT2D eigenvalue weighted by Gasteiger charge is -2.18. The van der Waals surface area contributed by atoms with Gasteiger partial charge in [0.05, 0.1) is 5.56 Å². The molecule has 0 aliphatic carbocycles. The van der Waals surface area contributed by atoms with Gasteiger partial charge < -0.3 is 15.7 Å². The summed E-state index contributed by atoms with van der Waals surface area (Å²) in [5, 5.41) is 14.6. The topological polar surface area (TPSA) is 91.3 Å². The largest absolute Gasteiger partial charge is 0.480 e. The summed E-state index contributed by atoms with van der Waals surface area (Å²) in [6.45, 7) is 6.01. The van der Waals surface area contributed by atoms with Crippen molar-refractivity contribution >= 4 is 17.7 Å². The molecule has 0 aromatic carbocycles. The van der Waals surface area contributed by atoms with Gasteiger partial charge in [0.1, 0.15) is 11.9 Å². The zero-order valence-corrected chi connectivity index (χ0v) is 11.3. The summed E-state index contributed by atoms with van der Waals surface area (Å²) >= 11 is 0. The van der Waals surface area contributed by atoms with Crippen LogP contribution in [0.5, 0.6) is 0 Å². The number of amides is 1. The molecular weight excluding hydrogens is 246 g/mol. The number of rotatable bonds is 6. The highest BCUT2D eigenvalue weighted by Crippen LogP contribution is 2.11. The second-order valence-corrected chi connectivity index (χ2v) is 4.50. The predicted molar refractivity (Wildman–Crippen MR) is 72.1 cm³/mol. The molecule has 1 rings (SSSR count). The highest BCUT2D eigenvalue weighted by Gasteiger charge is 2.21. The first-order chi connectivity index (χ1) is 8.95. The molecule has 104 valence electrons. The predicted octanol–water partition coefficient (Wildman–Crippen LogP) is 1.35. The second kappa shape index (κ2) is 6.72. The minimum atomic E-state index is -0.926. The average Bonchev–Trinajstić information content (AvgIpc) is 2.36. The quantitative estimate of drug-likeness (QED) is 0.722. The third kappa shape index (κ3) is 4.24. The third-order valence-corrected chi connectivity index (χ3v) is 2.60. The van der Waals surface area contributed by atoms with Crippen molar-refractivity contribution in [2.24, 2.45) is 5.92 Å². The van der Waals surface area contributed by atoms with Crippen molar-refractivity contribution in [3.05, 3.63) is 23.9 Å². The number of pyridine rings is 1. The van der Waals surface area contributed by atoms with Gasteiger partial charge in [-0.15, -0.1) is 0 Å². The first-order valence-electron chi connectivity index (χ1n) is 6.19. The Bertz CT molecular complexity index is 443. The van der Waals surface area contributed by atoms with Crippen LogP contribution in [-0.4, -0.2) is 34.6 Å². The molecule has 0 spiro atoms. The molecule has 1 amide bonds. The Kier molecular flexibility index (Phi) is 5.29. The van der Waals surface area contributed by atoms with E-state index in [-0.39, 0.29) is 11.8 Å². The number of hydrogen-bond donors (Lipinski definition) is 3. The highest BCUT2D eigenvalue weighted by atomic mass is 16.4. The maximum Gasteiger partial charge on any atom is 0.326 e. The van der Waals surface area contributed by atoms with E-state index in [1.807, 2.05) is 20.8 Å². The smallest absolute Gasteiger partial charge is 0.326 e. The van der Waals surface area contributed by atoms with E-state index in [1.54, 1.807) is 12.1 Å². The maximum absolute atomic E-state index is 11.5. The van der Waals surface area contributed by atoms with Crippen LogP contribution in [0.2, 0.25) is 0 Å². The second-order valence-electron chi connectivity index (χ2n) is 4.50. The molecule has 0 unspecified atom stereocenters. The number of carboxylic acid groups (broad SMARTS) is 1. The van der Waals surface area contributed by atoms with E-state index in [2.05, 4.69) is 15.6 Å². The van der Waals surface area contributed by atoms with Gasteiger partial charge in [-0.05, 0) is 25.0 Å². The monoisotopic (exact) mass is 265 g/mol. The van der Waals surface area contributed by atoms with Crippen LogP contribution in [0.3, 0.4) is 0 Å². The molecule has 19 heavy (non-hydrogen) atoms. The molecule has 1 atom stereocenters. The van der Waals surface area contributed by atoms with Crippen molar-refractivity contribution in [3.8, 4) is 0 Å². The fraction of sp³-hybridized carbons (Fsp3) is 0.462. The minimum Gasteiger partial charge on any atom is -0.480 e. The third-order valence-electron chi connectivity index (χ3n) is 2.60. The van der Waals surface area contributed by atoms with Gasteiger partial charge in [-0.3, -0.25) is 4.79 Å². The summed E-state index contributed by atoms with van der Waals surface area (Å²) in [7, 11) is 0. The number of carboxylic acids is 1. The van der Waals surface area contributed by atoms with Gasteiger partial charge in [-0.25, -0.2) is 9.78 Å². The zero-order chi connectivity index (χ0) is 14.4. The van der Waals surface area contributed by atoms with E-state index in [9.17, 15) is 9.59 Å². The Morgan fingerprint density at radius 1 is 1.37 bits per heavy atom. The van der Waals surface area contributed by atoms with E-state index < -0.39 is 12.0 Å². The number of carbonyl (C=O) groups excluding carboxylic acids is 1. The molecule has 0 radical (unpaired) electrons. The van der Waals surface area contributed by atoms with Crippen LogP contribution in [0.15, 0.2) is 18.3 Å². The van der Waals surface area contributed by atoms with E-state index >= 15 is 0 Å². The Hall–Kier alpha value is -2.11. The summed E-state index contributed by atoms with van der Waals surface area (Å²) in [4.78, 5) is 26.6. The fourth-order valence-electron chi connectivity index (χ4n) is 1.55. The van der Waals surface area contributed by atoms with Crippen LogP contribution in [0.1, 0.15) is 31.1 Å². The van der Waals surface area contributed by atoms with Crippen molar-refractivity contribution in [1.82, 2.24) is 10.3 Å². The minimum absolute atomic E-state index is 0.0673. The van der Waals surface area contributed by atoms with Gasteiger partial charge in [-0.2, -0.15) is 0 Å². The number of carbonyl (C=O) groups is 2. The highest BCUT2D eigenvalue weighted by molar-refractivity contribution is 5.94. The first kappa shape index (κ1) is 14.9. The molecule has 1 aromatic rings. The standard InChI is InChI=1S/C13H19N3O3/c1-4-14-12(17)9-5-6-10(15-7-9)16-11(8(2)3)13(18)19/h5-8,11H,4H2,1-3H3,(H,14,17)(H,15,16)(H,18,19)/t11-/m0/s1. The van der Waals surface area contributed by atoms with Crippen LogP contribution in [0, 0.1) is 5.92 Å². The van der Waals surface area contributed by atoms with Crippen molar-refractivity contribution < 1.29 is 14.7 Å². The Morgan fingerprint density at radius 2 is 2.05 bits per heavy atom. The molecule has 0 aliphatic rings. The Morgan fingerprint density at radius 3 is 2.47 bits per heavy atom. The zero-order valence-electron chi connectivity index (χ0n) is 11.3. The molecule has 1 aromatic heterocycles. The van der Waals surface area contributed by atoms with Crippen molar-refractivity contribution in [2.75, 3.05) is 11.9 Å². The fourth-order valence-corrected chi connectivity index (χ4v) is 1.55. The Labute approximate surface area is 112 Å². The van der Waals surface area contributed by atoms with Gasteiger partial charge in [0, 0.05) is 12.7 Å². The van der Waals surface area contributed by atoms with E-state index in [0.717, 1.165) is 0 Å². The summed E-state index contributed by atoms with van der Waals surface area (Å²) in [6.07, 6.45) is 1.42. The lowest BCUT2D eigenvalue weighted by molar-refractivity contribution is -0.138. The van der Waals surface area contributed by atoms with Crippen molar-refractivity contribution in [3.63, 3.8) is 0 Å². The van der Waals surface area contributed by atoms with Gasteiger partial charge >= 0.3 is 5.97 Å². The molecule has 0 bridgehead atoms. The van der Waals surface area contributed by atoms with Gasteiger partial charge in [0.2, 0.25) is 0 Å². The first-order valence-corrected chi connectivity index (χ1v) is 6.19. The van der Waals surface area contributed by atoms with Crippen molar-refractivity contribution in [2.45, 2.75) is 26.8 Å². The van der Waals surface area contributed by atoms with E-state index in [0.29, 0.717) is 17.9 Å². The normalized spacial score (nSPS) is 12.0. The molecule has 3 N–H and O–H groups in total. The van der Waals surface area contributed by atoms with Crippen LogP contribution >= 0.6 is 0 Å². The summed E-state index contributed by atoms with van der Waals surface area (Å²) in [5.74, 6) is -0.749. The van der Waals surface area contributed by atoms with Crippen LogP contribution in [0.25, 0.3) is 0 Å². The lowest BCUT2D eigenvalue weighted by atomic mass is 10.1. The van der Waals surface area contributed by atoms with Gasteiger partial charge in [-0.1, -0.05) is 13.8 Å². The molecule has 0 saturated heterocycles. The molecule has 0 saturated carbocycles. The average molecular weight is 265 g/mol. The summed E-state index contributed by atoms with van der Waals surface area (Å²) in [6, 6.07) is 2.51. The van der Waals surface area contributed by atoms with Crippen LogP contribution < -0.4 is 10.6 Å². The van der Waals surface area contributed by atoms with Gasteiger partial charge in [0.25, 0.3) is 5.91 Å². The lowest BCUT2D eigenvalue weighted by Crippen LogP contribution is -2.34. The van der Waals surface area contributed by atoms with Crippen LogP contribution in [0.4, 0.5) is 5.82 Å². The van der Waals surface area contributed by atoms with E-state index in [1.165, 1.54) is 6.20 Å². The molecule has 0 fully saturated rings. The summed E-state index contributed by atoms with van der Waals surface area (Å²) < 4.78 is 0. The number of anilines is 1. The van der Waals surface area contributed by atoms with E-state index in [4.69, 9.17) is 5.11 Å². The number of aromatic nitrogens is 1. The van der Waals surface area contributed by atoms with Gasteiger partial charge in [0.15, 0.2) is 0 Å². The number of hydrogen-bond acceptors (Lipinski definition) is 4. The number of nitrogens with zero attached hydrogens (tertiary/aromatic N) is 1. The number of aliphatic carboxylic acids is 1. The molecule has 6 heteroatoms. The summed E-state index contributed by atoms with van der Waals surface area (Å²) in [5.41, 5.74) is 0.448. The molecule has 0 aliphatic heterocycles. The SMILES string of the molecule is CCNC(=O)c1ccc(N[C@H](C(=O)O)C(C)C)nc1. The molecule has 6 nitrogen and oxygen atoms in total. The maximum atomic E-state index is 11.5. The number of nitrogens with one attached hydrogen (secondary N) is 2. The molecular formula is C13H19N3O3. The van der Waals surface area contributed by atoms with Crippen molar-refractivity contribution in [1.29, 1.82) is 0 Å². The molecule has 1 heterocycles. The van der Waals surface area contributed by atoms with Crippen LogP contribution in [-0.2, 0) is 4.79 Å². The Balaban J connectivity index is 2.76.